The van der Waals surface area contributed by atoms with Crippen LogP contribution in [0.1, 0.15) is 37.7 Å². The van der Waals surface area contributed by atoms with Gasteiger partial charge in [0.15, 0.2) is 6.61 Å². The number of amides is 4. The molecule has 0 aromatic heterocycles. The second-order valence-corrected chi connectivity index (χ2v) is 10.1. The Hall–Kier alpha value is -3.88. The van der Waals surface area contributed by atoms with Gasteiger partial charge in [0.2, 0.25) is 5.91 Å². The number of anilines is 1. The van der Waals surface area contributed by atoms with Crippen LogP contribution in [0.15, 0.2) is 18.2 Å². The molecule has 2 heterocycles. The Morgan fingerprint density at radius 3 is 2.15 bits per heavy atom. The van der Waals surface area contributed by atoms with Crippen molar-refractivity contribution >= 4 is 35.5 Å². The summed E-state index contributed by atoms with van der Waals surface area (Å²) in [6.07, 6.45) is -1.61. The third kappa shape index (κ3) is 8.80. The molecule has 4 rings (SSSR count). The van der Waals surface area contributed by atoms with Gasteiger partial charge in [-0.2, -0.15) is 13.2 Å². The summed E-state index contributed by atoms with van der Waals surface area (Å²) >= 11 is 0. The number of halogens is 3. The number of carboxylic acid groups (broad SMARTS) is 2. The number of ether oxygens (including phenoxy) is 1. The van der Waals surface area contributed by atoms with E-state index in [-0.39, 0.29) is 30.8 Å². The van der Waals surface area contributed by atoms with Gasteiger partial charge in [-0.1, -0.05) is 6.07 Å². The topological polar surface area (TPSA) is 157 Å². The molecule has 1 aliphatic carbocycles. The molecule has 226 valence electrons. The van der Waals surface area contributed by atoms with Gasteiger partial charge in [0, 0.05) is 51.3 Å². The van der Waals surface area contributed by atoms with E-state index in [0.29, 0.717) is 37.1 Å². The molecule has 2 aliphatic heterocycles. The maximum atomic E-state index is 12.7. The second-order valence-electron chi connectivity index (χ2n) is 10.1. The first kappa shape index (κ1) is 31.6. The zero-order valence-corrected chi connectivity index (χ0v) is 22.5. The van der Waals surface area contributed by atoms with Crippen molar-refractivity contribution in [1.29, 1.82) is 0 Å². The lowest BCUT2D eigenvalue weighted by molar-refractivity contribution is -0.192. The van der Waals surface area contributed by atoms with Crippen LogP contribution in [0.2, 0.25) is 0 Å². The molecule has 0 unspecified atom stereocenters. The first-order valence-electron chi connectivity index (χ1n) is 13.2. The molecule has 2 saturated heterocycles. The van der Waals surface area contributed by atoms with Gasteiger partial charge < -0.3 is 19.8 Å². The second kappa shape index (κ2) is 13.7. The number of urea groups is 1. The van der Waals surface area contributed by atoms with E-state index in [1.54, 1.807) is 17.0 Å². The zero-order valence-electron chi connectivity index (χ0n) is 22.5. The Balaban J connectivity index is 0.000000587. The van der Waals surface area contributed by atoms with Crippen LogP contribution in [-0.2, 0) is 19.2 Å². The number of hydrogen-bond acceptors (Lipinski definition) is 7. The summed E-state index contributed by atoms with van der Waals surface area (Å²) < 4.78 is 37.5. The molecule has 12 nitrogen and oxygen atoms in total. The predicted octanol–water partition coefficient (Wildman–Crippen LogP) is 2.24. The highest BCUT2D eigenvalue weighted by molar-refractivity contribution is 6.06. The van der Waals surface area contributed by atoms with Gasteiger partial charge in [-0.25, -0.2) is 9.59 Å². The molecule has 0 atom stereocenters. The van der Waals surface area contributed by atoms with Gasteiger partial charge in [0.05, 0.1) is 11.6 Å². The van der Waals surface area contributed by atoms with Gasteiger partial charge in [0.25, 0.3) is 5.91 Å². The SMILES string of the molecule is Cc1ccc(OCC(=O)N2CCN(C3CCC(C(=O)O)CC3)CC2)cc1N1CCC(=O)NC1=O.O=C(O)C(F)(F)F. The number of carboxylic acids is 2. The van der Waals surface area contributed by atoms with Gasteiger partial charge in [0.1, 0.15) is 5.75 Å². The van der Waals surface area contributed by atoms with Gasteiger partial charge in [-0.15, -0.1) is 0 Å². The summed E-state index contributed by atoms with van der Waals surface area (Å²) in [7, 11) is 0. The molecule has 41 heavy (non-hydrogen) atoms. The average Bonchev–Trinajstić information content (AvgIpc) is 2.92. The minimum atomic E-state index is -5.08. The van der Waals surface area contributed by atoms with Crippen LogP contribution in [0.3, 0.4) is 0 Å². The zero-order chi connectivity index (χ0) is 30.3. The van der Waals surface area contributed by atoms with Gasteiger partial charge in [-0.3, -0.25) is 29.5 Å². The van der Waals surface area contributed by atoms with Crippen molar-refractivity contribution < 1.29 is 52.1 Å². The summed E-state index contributed by atoms with van der Waals surface area (Å²) in [5.74, 6) is -3.54. The number of aliphatic carboxylic acids is 2. The molecule has 3 N–H and O–H groups in total. The minimum absolute atomic E-state index is 0.0855. The fourth-order valence-electron chi connectivity index (χ4n) is 5.02. The van der Waals surface area contributed by atoms with Crippen molar-refractivity contribution in [2.45, 2.75) is 51.2 Å². The molecule has 3 aliphatic rings. The molecule has 1 saturated carbocycles. The maximum Gasteiger partial charge on any atom is 0.490 e. The molecule has 0 radical (unpaired) electrons. The Labute approximate surface area is 234 Å². The van der Waals surface area contributed by atoms with E-state index < -0.39 is 24.1 Å². The third-order valence-electron chi connectivity index (χ3n) is 7.36. The summed E-state index contributed by atoms with van der Waals surface area (Å²) in [6.45, 7) is 4.91. The van der Waals surface area contributed by atoms with Crippen molar-refractivity contribution in [1.82, 2.24) is 15.1 Å². The Morgan fingerprint density at radius 1 is 1.00 bits per heavy atom. The number of piperazine rings is 1. The summed E-state index contributed by atoms with van der Waals surface area (Å²) in [6, 6.07) is 5.27. The van der Waals surface area contributed by atoms with Crippen LogP contribution < -0.4 is 15.0 Å². The summed E-state index contributed by atoms with van der Waals surface area (Å²) in [5.41, 5.74) is 1.53. The first-order chi connectivity index (χ1) is 19.3. The van der Waals surface area contributed by atoms with Gasteiger partial charge in [-0.05, 0) is 44.2 Å². The number of hydrogen-bond donors (Lipinski definition) is 3. The van der Waals surface area contributed by atoms with E-state index in [0.717, 1.165) is 44.3 Å². The molecule has 0 spiro atoms. The standard InChI is InChI=1S/C24H32N4O6.C2HF3O2/c1-16-2-7-19(14-20(16)28-9-8-21(29)25-24(28)33)34-15-22(30)27-12-10-26(11-13-27)18-5-3-17(4-6-18)23(31)32;3-2(4,5)1(6)7/h2,7,14,17-18H,3-6,8-13,15H2,1H3,(H,31,32)(H,25,29,33);(H,6,7). The monoisotopic (exact) mass is 586 g/mol. The molecule has 4 amide bonds. The smallest absolute Gasteiger partial charge is 0.484 e. The normalized spacial score (nSPS) is 21.9. The molecular formula is C26H33F3N4O8. The van der Waals surface area contributed by atoms with Crippen LogP contribution in [0.5, 0.6) is 5.75 Å². The number of imide groups is 1. The largest absolute Gasteiger partial charge is 0.490 e. The first-order valence-corrected chi connectivity index (χ1v) is 13.2. The number of benzene rings is 1. The third-order valence-corrected chi connectivity index (χ3v) is 7.36. The Morgan fingerprint density at radius 2 is 1.61 bits per heavy atom. The van der Waals surface area contributed by atoms with Crippen LogP contribution >= 0.6 is 0 Å². The van der Waals surface area contributed by atoms with Crippen molar-refractivity contribution in [2.24, 2.45) is 5.92 Å². The van der Waals surface area contributed by atoms with E-state index in [2.05, 4.69) is 10.2 Å². The highest BCUT2D eigenvalue weighted by Gasteiger charge is 2.38. The lowest BCUT2D eigenvalue weighted by Crippen LogP contribution is -2.53. The van der Waals surface area contributed by atoms with Crippen LogP contribution in [-0.4, -0.2) is 101 Å². The number of carbonyl (C=O) groups excluding carboxylic acids is 3. The number of nitrogens with zero attached hydrogens (tertiary/aromatic N) is 3. The molecular weight excluding hydrogens is 553 g/mol. The predicted molar refractivity (Wildman–Crippen MR) is 137 cm³/mol. The quantitative estimate of drug-likeness (QED) is 0.455. The minimum Gasteiger partial charge on any atom is -0.484 e. The number of alkyl halides is 3. The molecule has 1 aromatic carbocycles. The molecule has 15 heteroatoms. The highest BCUT2D eigenvalue weighted by atomic mass is 19.4. The molecule has 1 aromatic rings. The fraction of sp³-hybridized carbons (Fsp3) is 0.577. The Kier molecular flexibility index (Phi) is 10.5. The average molecular weight is 587 g/mol. The Bertz CT molecular complexity index is 1150. The van der Waals surface area contributed by atoms with Crippen LogP contribution in [0.4, 0.5) is 23.7 Å². The van der Waals surface area contributed by atoms with Crippen molar-refractivity contribution in [2.75, 3.05) is 44.2 Å². The van der Waals surface area contributed by atoms with E-state index >= 15 is 0 Å². The lowest BCUT2D eigenvalue weighted by Gasteiger charge is -2.41. The van der Waals surface area contributed by atoms with E-state index in [1.165, 1.54) is 4.90 Å². The number of carbonyl (C=O) groups is 5. The van der Waals surface area contributed by atoms with Crippen LogP contribution in [0, 0.1) is 12.8 Å². The van der Waals surface area contributed by atoms with Crippen LogP contribution in [0.25, 0.3) is 0 Å². The van der Waals surface area contributed by atoms with E-state index in [1.807, 2.05) is 13.0 Å². The van der Waals surface area contributed by atoms with E-state index in [4.69, 9.17) is 14.6 Å². The summed E-state index contributed by atoms with van der Waals surface area (Å²) in [4.78, 5) is 62.1. The molecule has 3 fully saturated rings. The number of rotatable bonds is 6. The van der Waals surface area contributed by atoms with Gasteiger partial charge >= 0.3 is 24.1 Å². The van der Waals surface area contributed by atoms with Crippen molar-refractivity contribution in [3.05, 3.63) is 23.8 Å². The number of nitrogens with one attached hydrogen (secondary N) is 1. The maximum absolute atomic E-state index is 12.7. The lowest BCUT2D eigenvalue weighted by atomic mass is 9.85. The van der Waals surface area contributed by atoms with E-state index in [9.17, 15) is 37.5 Å². The fourth-order valence-corrected chi connectivity index (χ4v) is 5.02. The van der Waals surface area contributed by atoms with Crippen molar-refractivity contribution in [3.8, 4) is 5.75 Å². The highest BCUT2D eigenvalue weighted by Crippen LogP contribution is 2.29. The molecule has 0 bridgehead atoms. The van der Waals surface area contributed by atoms with Crippen molar-refractivity contribution in [3.63, 3.8) is 0 Å². The number of aryl methyl sites for hydroxylation is 1. The summed E-state index contributed by atoms with van der Waals surface area (Å²) in [5, 5.41) is 18.6.